The highest BCUT2D eigenvalue weighted by Gasteiger charge is 2.12. The molecule has 0 bridgehead atoms. The molecule has 0 unspecified atom stereocenters. The van der Waals surface area contributed by atoms with Crippen LogP contribution in [0.15, 0.2) is 18.2 Å². The van der Waals surface area contributed by atoms with E-state index in [9.17, 15) is 4.39 Å². The van der Waals surface area contributed by atoms with Gasteiger partial charge in [0.05, 0.1) is 10.0 Å². The van der Waals surface area contributed by atoms with E-state index in [1.807, 2.05) is 6.92 Å². The van der Waals surface area contributed by atoms with Crippen LogP contribution in [-0.4, -0.2) is 4.98 Å². The lowest BCUT2D eigenvalue weighted by Gasteiger charge is -2.01. The van der Waals surface area contributed by atoms with Gasteiger partial charge < -0.3 is 5.73 Å². The van der Waals surface area contributed by atoms with Gasteiger partial charge in [0.1, 0.15) is 16.5 Å². The highest BCUT2D eigenvalue weighted by atomic mass is 35.5. The first-order valence-electron chi connectivity index (χ1n) is 4.26. The topological polar surface area (TPSA) is 38.9 Å². The number of rotatable bonds is 1. The number of hydrogen-bond donors (Lipinski definition) is 1. The standard InChI is InChI=1S/C10H8ClFN2S/c1-5-14-9(10(13)15-5)7-3-2-6(12)4-8(7)11/h2-4H,13H2,1H3. The fraction of sp³-hybridized carbons (Fsp3) is 0.100. The van der Waals surface area contributed by atoms with Gasteiger partial charge in [-0.15, -0.1) is 11.3 Å². The van der Waals surface area contributed by atoms with E-state index >= 15 is 0 Å². The number of benzene rings is 1. The first kappa shape index (κ1) is 10.4. The third-order valence-corrected chi connectivity index (χ3v) is 3.06. The van der Waals surface area contributed by atoms with Crippen molar-refractivity contribution in [1.82, 2.24) is 4.98 Å². The average Bonchev–Trinajstić information content (AvgIpc) is 2.45. The van der Waals surface area contributed by atoms with Gasteiger partial charge in [0.2, 0.25) is 0 Å². The van der Waals surface area contributed by atoms with Crippen molar-refractivity contribution >= 4 is 27.9 Å². The number of nitrogen functional groups attached to an aromatic ring is 1. The first-order valence-corrected chi connectivity index (χ1v) is 5.45. The summed E-state index contributed by atoms with van der Waals surface area (Å²) in [5, 5.41) is 1.79. The summed E-state index contributed by atoms with van der Waals surface area (Å²) in [6, 6.07) is 4.18. The van der Waals surface area contributed by atoms with Crippen LogP contribution in [0.25, 0.3) is 11.3 Å². The molecule has 0 saturated heterocycles. The zero-order chi connectivity index (χ0) is 11.0. The van der Waals surface area contributed by atoms with Gasteiger partial charge in [0.25, 0.3) is 0 Å². The Kier molecular flexibility index (Phi) is 2.63. The third-order valence-electron chi connectivity index (χ3n) is 1.95. The number of nitrogens with zero attached hydrogens (tertiary/aromatic N) is 1. The van der Waals surface area contributed by atoms with Crippen molar-refractivity contribution in [3.05, 3.63) is 34.0 Å². The second-order valence-electron chi connectivity index (χ2n) is 3.07. The average molecular weight is 243 g/mol. The van der Waals surface area contributed by atoms with Gasteiger partial charge in [0.15, 0.2) is 0 Å². The van der Waals surface area contributed by atoms with Crippen LogP contribution in [0, 0.1) is 12.7 Å². The van der Waals surface area contributed by atoms with E-state index in [4.69, 9.17) is 17.3 Å². The van der Waals surface area contributed by atoms with Crippen LogP contribution in [0.1, 0.15) is 5.01 Å². The minimum Gasteiger partial charge on any atom is -0.389 e. The Bertz CT molecular complexity index is 510. The molecule has 0 aliphatic rings. The highest BCUT2D eigenvalue weighted by Crippen LogP contribution is 2.34. The highest BCUT2D eigenvalue weighted by molar-refractivity contribution is 7.16. The van der Waals surface area contributed by atoms with E-state index in [1.54, 1.807) is 6.07 Å². The Labute approximate surface area is 95.5 Å². The first-order chi connectivity index (χ1) is 7.08. The molecule has 2 N–H and O–H groups in total. The van der Waals surface area contributed by atoms with Crippen LogP contribution < -0.4 is 5.73 Å². The molecule has 2 nitrogen and oxygen atoms in total. The predicted molar refractivity (Wildman–Crippen MR) is 61.7 cm³/mol. The number of aromatic nitrogens is 1. The molecule has 0 aliphatic carbocycles. The lowest BCUT2D eigenvalue weighted by atomic mass is 10.1. The molecule has 15 heavy (non-hydrogen) atoms. The van der Waals surface area contributed by atoms with E-state index in [0.717, 1.165) is 5.01 Å². The van der Waals surface area contributed by atoms with E-state index in [2.05, 4.69) is 4.98 Å². The molecule has 0 saturated carbocycles. The lowest BCUT2D eigenvalue weighted by Crippen LogP contribution is -1.87. The van der Waals surface area contributed by atoms with Gasteiger partial charge in [0, 0.05) is 5.56 Å². The van der Waals surface area contributed by atoms with E-state index in [0.29, 0.717) is 21.3 Å². The SMILES string of the molecule is Cc1nc(-c2ccc(F)cc2Cl)c(N)s1. The monoisotopic (exact) mass is 242 g/mol. The van der Waals surface area contributed by atoms with Crippen molar-refractivity contribution in [3.63, 3.8) is 0 Å². The Morgan fingerprint density at radius 1 is 1.47 bits per heavy atom. The number of anilines is 1. The van der Waals surface area contributed by atoms with Gasteiger partial charge in [-0.05, 0) is 25.1 Å². The van der Waals surface area contributed by atoms with Gasteiger partial charge in [-0.25, -0.2) is 9.37 Å². The molecule has 2 aromatic rings. The van der Waals surface area contributed by atoms with E-state index < -0.39 is 0 Å². The van der Waals surface area contributed by atoms with Crippen molar-refractivity contribution in [2.24, 2.45) is 0 Å². The fourth-order valence-electron chi connectivity index (χ4n) is 1.32. The maximum absolute atomic E-state index is 12.8. The van der Waals surface area contributed by atoms with Crippen molar-refractivity contribution < 1.29 is 4.39 Å². The number of hydrogen-bond acceptors (Lipinski definition) is 3. The van der Waals surface area contributed by atoms with Crippen molar-refractivity contribution in [2.75, 3.05) is 5.73 Å². The number of halogens is 2. The normalized spacial score (nSPS) is 10.6. The molecule has 0 atom stereocenters. The molecule has 1 heterocycles. The van der Waals surface area contributed by atoms with Gasteiger partial charge in [-0.3, -0.25) is 0 Å². The van der Waals surface area contributed by atoms with E-state index in [1.165, 1.54) is 23.5 Å². The summed E-state index contributed by atoms with van der Waals surface area (Å²) < 4.78 is 12.8. The second-order valence-corrected chi connectivity index (χ2v) is 4.71. The van der Waals surface area contributed by atoms with Crippen LogP contribution in [-0.2, 0) is 0 Å². The fourth-order valence-corrected chi connectivity index (χ4v) is 2.28. The lowest BCUT2D eigenvalue weighted by molar-refractivity contribution is 0.628. The van der Waals surface area contributed by atoms with Crippen LogP contribution >= 0.6 is 22.9 Å². The number of thiazole rings is 1. The maximum Gasteiger partial charge on any atom is 0.124 e. The molecular formula is C10H8ClFN2S. The van der Waals surface area contributed by atoms with Gasteiger partial charge in [-0.1, -0.05) is 11.6 Å². The van der Waals surface area contributed by atoms with Crippen molar-refractivity contribution in [2.45, 2.75) is 6.92 Å². The molecule has 0 spiro atoms. The Balaban J connectivity index is 2.59. The smallest absolute Gasteiger partial charge is 0.124 e. The molecular weight excluding hydrogens is 235 g/mol. The second kappa shape index (κ2) is 3.79. The van der Waals surface area contributed by atoms with Crippen molar-refractivity contribution in [3.8, 4) is 11.3 Å². The molecule has 0 aliphatic heterocycles. The van der Waals surface area contributed by atoms with Crippen molar-refractivity contribution in [1.29, 1.82) is 0 Å². The molecule has 0 fully saturated rings. The molecule has 2 rings (SSSR count). The number of aryl methyl sites for hydroxylation is 1. The minimum atomic E-state index is -0.366. The third kappa shape index (κ3) is 1.96. The molecule has 1 aromatic carbocycles. The molecule has 0 radical (unpaired) electrons. The van der Waals surface area contributed by atoms with Gasteiger partial charge in [-0.2, -0.15) is 0 Å². The summed E-state index contributed by atoms with van der Waals surface area (Å²) in [6.45, 7) is 1.86. The van der Waals surface area contributed by atoms with E-state index in [-0.39, 0.29) is 5.82 Å². The Morgan fingerprint density at radius 3 is 2.73 bits per heavy atom. The zero-order valence-corrected chi connectivity index (χ0v) is 9.49. The number of nitrogens with two attached hydrogens (primary N) is 1. The van der Waals surface area contributed by atoms with Crippen LogP contribution in [0.5, 0.6) is 0 Å². The summed E-state index contributed by atoms with van der Waals surface area (Å²) in [5.41, 5.74) is 7.08. The predicted octanol–water partition coefficient (Wildman–Crippen LogP) is 3.49. The molecule has 1 aromatic heterocycles. The Hall–Kier alpha value is -1.13. The maximum atomic E-state index is 12.8. The summed E-state index contributed by atoms with van der Waals surface area (Å²) in [6.07, 6.45) is 0. The van der Waals surface area contributed by atoms with Gasteiger partial charge >= 0.3 is 0 Å². The molecule has 0 amide bonds. The van der Waals surface area contributed by atoms with Crippen LogP contribution in [0.4, 0.5) is 9.39 Å². The zero-order valence-electron chi connectivity index (χ0n) is 7.92. The summed E-state index contributed by atoms with van der Waals surface area (Å²) in [5.74, 6) is -0.366. The summed E-state index contributed by atoms with van der Waals surface area (Å²) >= 11 is 7.31. The van der Waals surface area contributed by atoms with Crippen LogP contribution in [0.2, 0.25) is 5.02 Å². The Morgan fingerprint density at radius 2 is 2.20 bits per heavy atom. The largest absolute Gasteiger partial charge is 0.389 e. The summed E-state index contributed by atoms with van der Waals surface area (Å²) in [7, 11) is 0. The molecule has 5 heteroatoms. The van der Waals surface area contributed by atoms with Crippen LogP contribution in [0.3, 0.4) is 0 Å². The summed E-state index contributed by atoms with van der Waals surface area (Å²) in [4.78, 5) is 4.26. The molecule has 78 valence electrons. The quantitative estimate of drug-likeness (QED) is 0.831. The minimum absolute atomic E-state index is 0.326.